The molecule has 2 aromatic rings. The third kappa shape index (κ3) is 2.73. The zero-order chi connectivity index (χ0) is 15.9. The van der Waals surface area contributed by atoms with E-state index in [1.54, 1.807) is 6.92 Å². The van der Waals surface area contributed by atoms with Gasteiger partial charge in [0.25, 0.3) is 0 Å². The molecule has 1 aliphatic rings. The van der Waals surface area contributed by atoms with Crippen LogP contribution < -0.4 is 0 Å². The minimum Gasteiger partial charge on any atom is -0.475 e. The summed E-state index contributed by atoms with van der Waals surface area (Å²) < 4.78 is 19.4. The topological polar surface area (TPSA) is 53.7 Å². The Labute approximate surface area is 128 Å². The Balaban J connectivity index is 1.91. The minimum absolute atomic E-state index is 0.0333. The number of furan rings is 1. The highest BCUT2D eigenvalue weighted by atomic mass is 19.1. The van der Waals surface area contributed by atoms with Gasteiger partial charge in [-0.25, -0.2) is 9.18 Å². The summed E-state index contributed by atoms with van der Waals surface area (Å²) in [5.74, 6) is -1.09. The largest absolute Gasteiger partial charge is 0.475 e. The average molecular weight is 305 g/mol. The Kier molecular flexibility index (Phi) is 3.91. The van der Waals surface area contributed by atoms with Gasteiger partial charge in [0.15, 0.2) is 11.4 Å². The number of aromatic carboxylic acids is 1. The predicted molar refractivity (Wildman–Crippen MR) is 81.5 cm³/mol. The second kappa shape index (κ2) is 5.72. The van der Waals surface area contributed by atoms with Gasteiger partial charge in [0.05, 0.1) is 0 Å². The van der Waals surface area contributed by atoms with Gasteiger partial charge in [-0.15, -0.1) is 0 Å². The quantitative estimate of drug-likeness (QED) is 0.937. The highest BCUT2D eigenvalue weighted by molar-refractivity contribution is 5.95. The van der Waals surface area contributed by atoms with Crippen molar-refractivity contribution in [1.82, 2.24) is 4.90 Å². The van der Waals surface area contributed by atoms with Crippen molar-refractivity contribution in [2.24, 2.45) is 5.92 Å². The molecule has 0 atom stereocenters. The second-order valence-corrected chi connectivity index (χ2v) is 6.27. The summed E-state index contributed by atoms with van der Waals surface area (Å²) >= 11 is 0. The van der Waals surface area contributed by atoms with Gasteiger partial charge in [0, 0.05) is 17.5 Å². The van der Waals surface area contributed by atoms with E-state index in [1.165, 1.54) is 18.9 Å². The molecule has 0 aliphatic carbocycles. The molecule has 0 radical (unpaired) electrons. The van der Waals surface area contributed by atoms with Crippen LogP contribution in [-0.2, 0) is 6.54 Å². The number of nitrogens with zero attached hydrogens (tertiary/aromatic N) is 1. The van der Waals surface area contributed by atoms with E-state index in [4.69, 9.17) is 9.52 Å². The first-order valence-corrected chi connectivity index (χ1v) is 7.63. The van der Waals surface area contributed by atoms with E-state index < -0.39 is 11.8 Å². The van der Waals surface area contributed by atoms with E-state index in [9.17, 15) is 9.18 Å². The molecule has 1 aromatic heterocycles. The van der Waals surface area contributed by atoms with Gasteiger partial charge in [-0.2, -0.15) is 0 Å². The molecule has 0 bridgehead atoms. The monoisotopic (exact) mass is 305 g/mol. The molecular weight excluding hydrogens is 285 g/mol. The van der Waals surface area contributed by atoms with Crippen LogP contribution in [0.15, 0.2) is 16.5 Å². The second-order valence-electron chi connectivity index (χ2n) is 6.27. The zero-order valence-electron chi connectivity index (χ0n) is 12.9. The molecule has 118 valence electrons. The van der Waals surface area contributed by atoms with Crippen molar-refractivity contribution in [1.29, 1.82) is 0 Å². The molecule has 3 rings (SSSR count). The molecule has 1 aromatic carbocycles. The van der Waals surface area contributed by atoms with Crippen LogP contribution in [0.3, 0.4) is 0 Å². The Bertz CT molecular complexity index is 714. The summed E-state index contributed by atoms with van der Waals surface area (Å²) in [6.45, 7) is 6.64. The van der Waals surface area contributed by atoms with Gasteiger partial charge in [0.2, 0.25) is 5.76 Å². The molecule has 0 saturated carbocycles. The number of rotatable bonds is 3. The van der Waals surface area contributed by atoms with Crippen molar-refractivity contribution < 1.29 is 18.7 Å². The maximum Gasteiger partial charge on any atom is 0.372 e. The van der Waals surface area contributed by atoms with E-state index in [-0.39, 0.29) is 11.3 Å². The standard InChI is InChI=1S/C17H20FNO3/c1-10-3-5-19(6-4-10)9-12-7-13-11(2)15(17(20)21)22-16(13)14(18)8-12/h7-8,10H,3-6,9H2,1-2H3,(H,20,21). The van der Waals surface area contributed by atoms with Gasteiger partial charge < -0.3 is 9.52 Å². The molecule has 1 aliphatic heterocycles. The zero-order valence-corrected chi connectivity index (χ0v) is 12.9. The maximum atomic E-state index is 14.2. The number of aryl methyl sites for hydroxylation is 1. The summed E-state index contributed by atoms with van der Waals surface area (Å²) in [7, 11) is 0. The third-order valence-electron chi connectivity index (χ3n) is 4.53. The fraction of sp³-hybridized carbons (Fsp3) is 0.471. The molecule has 5 heteroatoms. The number of benzene rings is 1. The van der Waals surface area contributed by atoms with Crippen LogP contribution in [0.5, 0.6) is 0 Å². The lowest BCUT2D eigenvalue weighted by Crippen LogP contribution is -2.32. The van der Waals surface area contributed by atoms with Gasteiger partial charge in [0.1, 0.15) is 0 Å². The molecule has 0 unspecified atom stereocenters. The van der Waals surface area contributed by atoms with E-state index >= 15 is 0 Å². The first-order valence-electron chi connectivity index (χ1n) is 7.63. The molecule has 0 amide bonds. The number of carbonyl (C=O) groups is 1. The number of halogens is 1. The molecule has 1 N–H and O–H groups in total. The Hall–Kier alpha value is -1.88. The van der Waals surface area contributed by atoms with E-state index in [0.29, 0.717) is 17.5 Å². The van der Waals surface area contributed by atoms with Crippen LogP contribution in [0.25, 0.3) is 11.0 Å². The van der Waals surface area contributed by atoms with Crippen LogP contribution in [0, 0.1) is 18.7 Å². The van der Waals surface area contributed by atoms with Gasteiger partial charge in [-0.3, -0.25) is 4.90 Å². The first kappa shape index (κ1) is 15.0. The predicted octanol–water partition coefficient (Wildman–Crippen LogP) is 3.81. The molecule has 4 nitrogen and oxygen atoms in total. The molecule has 2 heterocycles. The van der Waals surface area contributed by atoms with Crippen LogP contribution in [-0.4, -0.2) is 29.1 Å². The highest BCUT2D eigenvalue weighted by Gasteiger charge is 2.21. The summed E-state index contributed by atoms with van der Waals surface area (Å²) in [5, 5.41) is 9.64. The maximum absolute atomic E-state index is 14.2. The van der Waals surface area contributed by atoms with Gasteiger partial charge in [-0.1, -0.05) is 6.92 Å². The summed E-state index contributed by atoms with van der Waals surface area (Å²) in [6, 6.07) is 3.30. The number of piperidine rings is 1. The lowest BCUT2D eigenvalue weighted by atomic mass is 9.98. The van der Waals surface area contributed by atoms with E-state index in [1.807, 2.05) is 6.07 Å². The smallest absolute Gasteiger partial charge is 0.372 e. The number of hydrogen-bond acceptors (Lipinski definition) is 3. The van der Waals surface area contributed by atoms with Crippen LogP contribution in [0.1, 0.15) is 41.4 Å². The Morgan fingerprint density at radius 2 is 2.09 bits per heavy atom. The fourth-order valence-corrected chi connectivity index (χ4v) is 3.11. The number of likely N-dealkylation sites (tertiary alicyclic amines) is 1. The van der Waals surface area contributed by atoms with Crippen molar-refractivity contribution in [2.45, 2.75) is 33.2 Å². The van der Waals surface area contributed by atoms with Crippen LogP contribution in [0.2, 0.25) is 0 Å². The van der Waals surface area contributed by atoms with Crippen molar-refractivity contribution >= 4 is 16.9 Å². The molecule has 1 fully saturated rings. The summed E-state index contributed by atoms with van der Waals surface area (Å²) in [5.41, 5.74) is 1.38. The van der Waals surface area contributed by atoms with Crippen LogP contribution >= 0.6 is 0 Å². The van der Waals surface area contributed by atoms with Crippen molar-refractivity contribution in [2.75, 3.05) is 13.1 Å². The van der Waals surface area contributed by atoms with Crippen molar-refractivity contribution in [3.8, 4) is 0 Å². The molecule has 1 saturated heterocycles. The molecule has 22 heavy (non-hydrogen) atoms. The number of hydrogen-bond donors (Lipinski definition) is 1. The highest BCUT2D eigenvalue weighted by Crippen LogP contribution is 2.29. The lowest BCUT2D eigenvalue weighted by Gasteiger charge is -2.30. The van der Waals surface area contributed by atoms with Crippen molar-refractivity contribution in [3.05, 3.63) is 34.8 Å². The van der Waals surface area contributed by atoms with E-state index in [2.05, 4.69) is 11.8 Å². The minimum atomic E-state index is -1.17. The number of carboxylic acids is 1. The summed E-state index contributed by atoms with van der Waals surface area (Å²) in [4.78, 5) is 13.4. The fourth-order valence-electron chi connectivity index (χ4n) is 3.11. The Morgan fingerprint density at radius 3 is 2.73 bits per heavy atom. The molecule has 0 spiro atoms. The number of fused-ring (bicyclic) bond motifs is 1. The van der Waals surface area contributed by atoms with Crippen LogP contribution in [0.4, 0.5) is 4.39 Å². The molecular formula is C17H20FNO3. The normalized spacial score (nSPS) is 17.2. The van der Waals surface area contributed by atoms with Gasteiger partial charge in [-0.05, 0) is 56.5 Å². The average Bonchev–Trinajstić information content (AvgIpc) is 2.80. The number of carboxylic acid groups (broad SMARTS) is 1. The SMILES string of the molecule is Cc1c(C(=O)O)oc2c(F)cc(CN3CCC(C)CC3)cc12. The lowest BCUT2D eigenvalue weighted by molar-refractivity contribution is 0.0663. The van der Waals surface area contributed by atoms with Crippen molar-refractivity contribution in [3.63, 3.8) is 0 Å². The Morgan fingerprint density at radius 1 is 1.41 bits per heavy atom. The third-order valence-corrected chi connectivity index (χ3v) is 4.53. The van der Waals surface area contributed by atoms with Gasteiger partial charge >= 0.3 is 5.97 Å². The first-order chi connectivity index (χ1) is 10.5. The summed E-state index contributed by atoms with van der Waals surface area (Å²) in [6.07, 6.45) is 2.33. The van der Waals surface area contributed by atoms with E-state index in [0.717, 1.165) is 24.6 Å².